The lowest BCUT2D eigenvalue weighted by atomic mass is 10.0. The highest BCUT2D eigenvalue weighted by Gasteiger charge is 2.19. The predicted molar refractivity (Wildman–Crippen MR) is 71.0 cm³/mol. The molecule has 0 amide bonds. The van der Waals surface area contributed by atoms with Crippen LogP contribution in [0.15, 0.2) is 30.5 Å². The van der Waals surface area contributed by atoms with Crippen LogP contribution in [-0.2, 0) is 0 Å². The summed E-state index contributed by atoms with van der Waals surface area (Å²) in [6, 6.07) is 5.10. The molecular formula is C13H7Cl2FN2O. The molecule has 1 atom stereocenters. The van der Waals surface area contributed by atoms with Gasteiger partial charge in [0.05, 0.1) is 11.6 Å². The summed E-state index contributed by atoms with van der Waals surface area (Å²) in [7, 11) is 0. The van der Waals surface area contributed by atoms with E-state index in [9.17, 15) is 9.50 Å². The van der Waals surface area contributed by atoms with Gasteiger partial charge in [0.15, 0.2) is 5.69 Å². The molecular weight excluding hydrogens is 290 g/mol. The second-order valence-corrected chi connectivity index (χ2v) is 4.54. The lowest BCUT2D eigenvalue weighted by Gasteiger charge is -2.14. The fourth-order valence-corrected chi connectivity index (χ4v) is 1.99. The molecule has 0 spiro atoms. The van der Waals surface area contributed by atoms with E-state index in [2.05, 4.69) is 9.83 Å². The molecule has 0 radical (unpaired) electrons. The van der Waals surface area contributed by atoms with Crippen LogP contribution in [0.3, 0.4) is 0 Å². The molecule has 1 aromatic heterocycles. The Hall–Kier alpha value is -1.67. The van der Waals surface area contributed by atoms with Crippen LogP contribution in [0.1, 0.15) is 17.2 Å². The molecule has 0 bridgehead atoms. The van der Waals surface area contributed by atoms with Crippen LogP contribution in [0, 0.1) is 12.4 Å². The van der Waals surface area contributed by atoms with Crippen molar-refractivity contribution in [2.24, 2.45) is 0 Å². The van der Waals surface area contributed by atoms with Gasteiger partial charge in [0.25, 0.3) is 0 Å². The van der Waals surface area contributed by atoms with Gasteiger partial charge in [0.2, 0.25) is 0 Å². The number of rotatable bonds is 2. The van der Waals surface area contributed by atoms with Crippen LogP contribution in [0.2, 0.25) is 10.2 Å². The Labute approximate surface area is 119 Å². The van der Waals surface area contributed by atoms with E-state index >= 15 is 0 Å². The van der Waals surface area contributed by atoms with Crippen LogP contribution >= 0.6 is 23.2 Å². The van der Waals surface area contributed by atoms with Crippen molar-refractivity contribution < 1.29 is 9.50 Å². The average molecular weight is 297 g/mol. The van der Waals surface area contributed by atoms with Crippen molar-refractivity contribution in [1.82, 2.24) is 4.98 Å². The molecule has 6 heteroatoms. The highest BCUT2D eigenvalue weighted by atomic mass is 35.5. The Morgan fingerprint density at radius 3 is 2.68 bits per heavy atom. The second-order valence-electron chi connectivity index (χ2n) is 3.75. The number of nitrogens with zero attached hydrogens (tertiary/aromatic N) is 2. The Bertz CT molecular complexity index is 670. The fraction of sp³-hybridized carbons (Fsp3) is 0.0769. The molecule has 0 aliphatic rings. The zero-order valence-electron chi connectivity index (χ0n) is 9.44. The van der Waals surface area contributed by atoms with Crippen molar-refractivity contribution in [2.75, 3.05) is 0 Å². The van der Waals surface area contributed by atoms with E-state index in [1.165, 1.54) is 24.4 Å². The van der Waals surface area contributed by atoms with E-state index in [-0.39, 0.29) is 27.0 Å². The first-order valence-electron chi connectivity index (χ1n) is 5.19. The molecule has 96 valence electrons. The Kier molecular flexibility index (Phi) is 4.01. The predicted octanol–water partition coefficient (Wildman–Crippen LogP) is 4.16. The van der Waals surface area contributed by atoms with Crippen molar-refractivity contribution in [3.63, 3.8) is 0 Å². The standard InChI is InChI=1S/C13H7Cl2FN2O/c1-17-7-2-3-11(16)9(4-7)13(19)8-5-12(15)18-6-10(8)14/h2-6,13,19H. The highest BCUT2D eigenvalue weighted by molar-refractivity contribution is 6.32. The van der Waals surface area contributed by atoms with Crippen LogP contribution in [0.4, 0.5) is 10.1 Å². The summed E-state index contributed by atoms with van der Waals surface area (Å²) in [5.74, 6) is -0.621. The monoisotopic (exact) mass is 296 g/mol. The van der Waals surface area contributed by atoms with Gasteiger partial charge in [-0.2, -0.15) is 0 Å². The summed E-state index contributed by atoms with van der Waals surface area (Å²) in [4.78, 5) is 6.94. The third kappa shape index (κ3) is 2.85. The normalized spacial score (nSPS) is 11.9. The average Bonchev–Trinajstić information content (AvgIpc) is 2.41. The smallest absolute Gasteiger partial charge is 0.187 e. The molecule has 2 aromatic rings. The number of benzene rings is 1. The number of halogens is 3. The van der Waals surface area contributed by atoms with Crippen molar-refractivity contribution in [3.8, 4) is 0 Å². The molecule has 0 fully saturated rings. The third-order valence-corrected chi connectivity index (χ3v) is 3.07. The third-order valence-electron chi connectivity index (χ3n) is 2.55. The zero-order valence-corrected chi connectivity index (χ0v) is 11.0. The van der Waals surface area contributed by atoms with Crippen LogP contribution in [0.25, 0.3) is 4.85 Å². The number of hydrogen-bond acceptors (Lipinski definition) is 2. The van der Waals surface area contributed by atoms with Crippen molar-refractivity contribution in [1.29, 1.82) is 0 Å². The molecule has 1 aromatic carbocycles. The van der Waals surface area contributed by atoms with Crippen molar-refractivity contribution >= 4 is 28.9 Å². The number of hydrogen-bond donors (Lipinski definition) is 1. The quantitative estimate of drug-likeness (QED) is 0.667. The van der Waals surface area contributed by atoms with E-state index in [1.54, 1.807) is 0 Å². The number of aliphatic hydroxyl groups is 1. The van der Waals surface area contributed by atoms with E-state index in [4.69, 9.17) is 29.8 Å². The van der Waals surface area contributed by atoms with Gasteiger partial charge in [0, 0.05) is 17.3 Å². The molecule has 3 nitrogen and oxygen atoms in total. The summed E-state index contributed by atoms with van der Waals surface area (Å²) in [5.41, 5.74) is 0.437. The van der Waals surface area contributed by atoms with E-state index < -0.39 is 11.9 Å². The summed E-state index contributed by atoms with van der Waals surface area (Å²) in [6.45, 7) is 6.90. The first-order valence-corrected chi connectivity index (χ1v) is 5.94. The van der Waals surface area contributed by atoms with Gasteiger partial charge in [-0.25, -0.2) is 14.2 Å². The number of aromatic nitrogens is 1. The maximum Gasteiger partial charge on any atom is 0.187 e. The van der Waals surface area contributed by atoms with Crippen LogP contribution in [-0.4, -0.2) is 10.1 Å². The molecule has 1 N–H and O–H groups in total. The molecule has 0 aliphatic heterocycles. The first-order chi connectivity index (χ1) is 9.02. The lowest BCUT2D eigenvalue weighted by molar-refractivity contribution is 0.215. The summed E-state index contributed by atoms with van der Waals surface area (Å²) < 4.78 is 13.7. The molecule has 0 saturated carbocycles. The highest BCUT2D eigenvalue weighted by Crippen LogP contribution is 2.32. The second kappa shape index (κ2) is 5.54. The summed E-state index contributed by atoms with van der Waals surface area (Å²) in [6.07, 6.45) is -0.0336. The van der Waals surface area contributed by atoms with Gasteiger partial charge in [-0.15, -0.1) is 0 Å². The molecule has 19 heavy (non-hydrogen) atoms. The van der Waals surface area contributed by atoms with Crippen LogP contribution < -0.4 is 0 Å². The first kappa shape index (κ1) is 13.8. The van der Waals surface area contributed by atoms with Gasteiger partial charge in [-0.3, -0.25) is 0 Å². The SMILES string of the molecule is [C-]#[N+]c1ccc(F)c(C(O)c2cc(Cl)ncc2Cl)c1. The molecule has 1 heterocycles. The number of aliphatic hydroxyl groups excluding tert-OH is 1. The Morgan fingerprint density at radius 1 is 1.26 bits per heavy atom. The van der Waals surface area contributed by atoms with Gasteiger partial charge in [-0.05, 0) is 18.2 Å². The van der Waals surface area contributed by atoms with E-state index in [1.807, 2.05) is 0 Å². The van der Waals surface area contributed by atoms with E-state index in [0.717, 1.165) is 6.07 Å². The minimum atomic E-state index is -1.31. The maximum absolute atomic E-state index is 13.7. The van der Waals surface area contributed by atoms with Gasteiger partial charge in [-0.1, -0.05) is 29.3 Å². The Morgan fingerprint density at radius 2 is 2.00 bits per heavy atom. The maximum atomic E-state index is 13.7. The topological polar surface area (TPSA) is 37.5 Å². The zero-order chi connectivity index (χ0) is 14.0. The molecule has 1 unspecified atom stereocenters. The van der Waals surface area contributed by atoms with Gasteiger partial charge < -0.3 is 5.11 Å². The van der Waals surface area contributed by atoms with Crippen molar-refractivity contribution in [2.45, 2.75) is 6.10 Å². The van der Waals surface area contributed by atoms with Gasteiger partial charge >= 0.3 is 0 Å². The lowest BCUT2D eigenvalue weighted by Crippen LogP contribution is -2.03. The Balaban J connectivity index is 2.52. The molecule has 0 saturated heterocycles. The molecule has 2 rings (SSSR count). The van der Waals surface area contributed by atoms with Crippen LogP contribution in [0.5, 0.6) is 0 Å². The summed E-state index contributed by atoms with van der Waals surface area (Å²) >= 11 is 11.6. The van der Waals surface area contributed by atoms with Crippen molar-refractivity contribution in [3.05, 3.63) is 69.0 Å². The minimum absolute atomic E-state index is 0.0299. The fourth-order valence-electron chi connectivity index (χ4n) is 1.61. The number of pyridine rings is 1. The minimum Gasteiger partial charge on any atom is -0.384 e. The molecule has 0 aliphatic carbocycles. The largest absolute Gasteiger partial charge is 0.384 e. The summed E-state index contributed by atoms with van der Waals surface area (Å²) in [5, 5.41) is 10.5. The van der Waals surface area contributed by atoms with E-state index in [0.29, 0.717) is 0 Å². The van der Waals surface area contributed by atoms with Gasteiger partial charge in [0.1, 0.15) is 17.1 Å².